The maximum atomic E-state index is 13.2. The minimum Gasteiger partial charge on any atom is -0.480 e. The van der Waals surface area contributed by atoms with Crippen LogP contribution in [0.15, 0.2) is 46.9 Å². The third kappa shape index (κ3) is 4.83. The summed E-state index contributed by atoms with van der Waals surface area (Å²) in [5.74, 6) is -0.174. The molecule has 1 aliphatic heterocycles. The van der Waals surface area contributed by atoms with Crippen molar-refractivity contribution in [1.29, 1.82) is 0 Å². The van der Waals surface area contributed by atoms with Gasteiger partial charge < -0.3 is 10.1 Å². The number of carbonyl (C=O) groups is 1. The van der Waals surface area contributed by atoms with Gasteiger partial charge in [0.15, 0.2) is 6.10 Å². The van der Waals surface area contributed by atoms with Crippen LogP contribution in [0.1, 0.15) is 25.3 Å². The molecule has 1 fully saturated rings. The smallest absolute Gasteiger partial charge is 0.265 e. The summed E-state index contributed by atoms with van der Waals surface area (Å²) in [5, 5.41) is 2.96. The number of likely N-dealkylation sites (tertiary alicyclic amines) is 1. The summed E-state index contributed by atoms with van der Waals surface area (Å²) < 4.78 is 19.3. The maximum Gasteiger partial charge on any atom is 0.265 e. The summed E-state index contributed by atoms with van der Waals surface area (Å²) in [6.07, 6.45) is 1.74. The number of nitrogens with one attached hydrogen (secondary N) is 1. The fourth-order valence-electron chi connectivity index (χ4n) is 3.01. The first-order valence-corrected chi connectivity index (χ1v) is 9.55. The molecule has 26 heavy (non-hydrogen) atoms. The van der Waals surface area contributed by atoms with E-state index in [1.54, 1.807) is 6.92 Å². The van der Waals surface area contributed by atoms with Gasteiger partial charge in [-0.15, -0.1) is 0 Å². The highest BCUT2D eigenvalue weighted by molar-refractivity contribution is 9.10. The van der Waals surface area contributed by atoms with E-state index in [4.69, 9.17) is 4.74 Å². The zero-order valence-electron chi connectivity index (χ0n) is 14.7. The molecule has 1 aliphatic rings. The van der Waals surface area contributed by atoms with Crippen molar-refractivity contribution in [3.63, 3.8) is 0 Å². The lowest BCUT2D eigenvalue weighted by Crippen LogP contribution is -2.31. The second kappa shape index (κ2) is 8.64. The van der Waals surface area contributed by atoms with Crippen molar-refractivity contribution < 1.29 is 13.9 Å². The van der Waals surface area contributed by atoms with Crippen LogP contribution in [0.25, 0.3) is 0 Å². The average molecular weight is 421 g/mol. The van der Waals surface area contributed by atoms with Gasteiger partial charge in [-0.2, -0.15) is 0 Å². The highest BCUT2D eigenvalue weighted by Gasteiger charge is 2.19. The maximum absolute atomic E-state index is 13.2. The molecular formula is C20H22BrFN2O2. The zero-order chi connectivity index (χ0) is 18.5. The van der Waals surface area contributed by atoms with Crippen molar-refractivity contribution in [2.24, 2.45) is 0 Å². The molecular weight excluding hydrogens is 399 g/mol. The number of carbonyl (C=O) groups excluding carboxylic acids is 1. The number of halogens is 2. The van der Waals surface area contributed by atoms with Crippen LogP contribution in [0.5, 0.6) is 5.75 Å². The molecule has 1 N–H and O–H groups in total. The Morgan fingerprint density at radius 3 is 2.73 bits per heavy atom. The third-order valence-corrected chi connectivity index (χ3v) is 5.05. The van der Waals surface area contributed by atoms with E-state index in [1.165, 1.54) is 31.0 Å². The lowest BCUT2D eigenvalue weighted by atomic mass is 10.1. The predicted molar refractivity (Wildman–Crippen MR) is 104 cm³/mol. The molecule has 138 valence electrons. The van der Waals surface area contributed by atoms with Crippen LogP contribution in [0, 0.1) is 5.82 Å². The molecule has 2 aromatic carbocycles. The van der Waals surface area contributed by atoms with Crippen LogP contribution in [0.2, 0.25) is 0 Å². The molecule has 1 heterocycles. The molecule has 1 amide bonds. The normalized spacial score (nSPS) is 15.7. The number of amides is 1. The minimum atomic E-state index is -0.711. The summed E-state index contributed by atoms with van der Waals surface area (Å²) in [6, 6.07) is 12.0. The molecule has 0 aliphatic carbocycles. The first-order chi connectivity index (χ1) is 12.5. The fourth-order valence-corrected chi connectivity index (χ4v) is 3.46. The largest absolute Gasteiger partial charge is 0.480 e. The number of nitrogens with zero attached hydrogens (tertiary/aromatic N) is 1. The van der Waals surface area contributed by atoms with E-state index < -0.39 is 6.10 Å². The Morgan fingerprint density at radius 2 is 2.00 bits per heavy atom. The molecule has 1 unspecified atom stereocenters. The van der Waals surface area contributed by atoms with Crippen LogP contribution in [-0.2, 0) is 11.3 Å². The van der Waals surface area contributed by atoms with Gasteiger partial charge in [0.2, 0.25) is 0 Å². The number of hydrogen-bond donors (Lipinski definition) is 1. The van der Waals surface area contributed by atoms with Gasteiger partial charge in [-0.25, -0.2) is 4.39 Å². The quantitative estimate of drug-likeness (QED) is 0.742. The Morgan fingerprint density at radius 1 is 1.27 bits per heavy atom. The van der Waals surface area contributed by atoms with Gasteiger partial charge in [0.05, 0.1) is 4.47 Å². The molecule has 0 radical (unpaired) electrons. The summed E-state index contributed by atoms with van der Waals surface area (Å²) >= 11 is 3.25. The number of hydrogen-bond acceptors (Lipinski definition) is 3. The highest BCUT2D eigenvalue weighted by atomic mass is 79.9. The van der Waals surface area contributed by atoms with E-state index in [-0.39, 0.29) is 11.7 Å². The molecule has 2 aromatic rings. The van der Waals surface area contributed by atoms with Crippen LogP contribution in [0.3, 0.4) is 0 Å². The Kier molecular flexibility index (Phi) is 6.27. The lowest BCUT2D eigenvalue weighted by molar-refractivity contribution is -0.122. The number of anilines is 1. The van der Waals surface area contributed by atoms with Gasteiger partial charge in [0, 0.05) is 12.2 Å². The van der Waals surface area contributed by atoms with Crippen LogP contribution < -0.4 is 10.1 Å². The van der Waals surface area contributed by atoms with Crippen molar-refractivity contribution in [2.75, 3.05) is 18.4 Å². The summed E-state index contributed by atoms with van der Waals surface area (Å²) in [4.78, 5) is 14.9. The number of benzene rings is 2. The summed E-state index contributed by atoms with van der Waals surface area (Å²) in [6.45, 7) is 4.70. The monoisotopic (exact) mass is 420 g/mol. The Hall–Kier alpha value is -1.92. The zero-order valence-corrected chi connectivity index (χ0v) is 16.3. The fraction of sp³-hybridized carbons (Fsp3) is 0.350. The van der Waals surface area contributed by atoms with Crippen molar-refractivity contribution in [1.82, 2.24) is 4.90 Å². The van der Waals surface area contributed by atoms with Gasteiger partial charge in [0.1, 0.15) is 11.6 Å². The third-order valence-electron chi connectivity index (χ3n) is 4.43. The van der Waals surface area contributed by atoms with Crippen LogP contribution in [0.4, 0.5) is 10.1 Å². The Balaban J connectivity index is 1.65. The predicted octanol–water partition coefficient (Wildman–Crippen LogP) is 4.59. The highest BCUT2D eigenvalue weighted by Crippen LogP contribution is 2.27. The summed E-state index contributed by atoms with van der Waals surface area (Å²) in [7, 11) is 0. The van der Waals surface area contributed by atoms with Crippen LogP contribution >= 0.6 is 15.9 Å². The first kappa shape index (κ1) is 18.9. The lowest BCUT2D eigenvalue weighted by Gasteiger charge is -2.20. The van der Waals surface area contributed by atoms with Gasteiger partial charge in [-0.1, -0.05) is 18.2 Å². The first-order valence-electron chi connectivity index (χ1n) is 8.76. The molecule has 3 rings (SSSR count). The van der Waals surface area contributed by atoms with Crippen molar-refractivity contribution in [2.45, 2.75) is 32.4 Å². The van der Waals surface area contributed by atoms with Crippen molar-refractivity contribution in [3.05, 3.63) is 58.3 Å². The molecule has 0 aromatic heterocycles. The second-order valence-corrected chi connectivity index (χ2v) is 7.32. The number of rotatable bonds is 6. The van der Waals surface area contributed by atoms with E-state index >= 15 is 0 Å². The van der Waals surface area contributed by atoms with E-state index in [2.05, 4.69) is 26.1 Å². The topological polar surface area (TPSA) is 41.6 Å². The van der Waals surface area contributed by atoms with Gasteiger partial charge in [0.25, 0.3) is 5.91 Å². The molecule has 4 nitrogen and oxygen atoms in total. The van der Waals surface area contributed by atoms with Crippen molar-refractivity contribution in [3.8, 4) is 5.75 Å². The number of ether oxygens (including phenoxy) is 1. The van der Waals surface area contributed by atoms with Crippen molar-refractivity contribution >= 4 is 27.5 Å². The molecule has 0 spiro atoms. The SMILES string of the molecule is CC(Oc1ccc(F)cc1Br)C(=O)Nc1ccccc1CN1CCCC1. The van der Waals surface area contributed by atoms with Gasteiger partial charge in [-0.05, 0) is 78.6 Å². The average Bonchev–Trinajstić information content (AvgIpc) is 3.12. The van der Waals surface area contributed by atoms with Crippen LogP contribution in [-0.4, -0.2) is 30.0 Å². The summed E-state index contributed by atoms with van der Waals surface area (Å²) in [5.41, 5.74) is 1.90. The standard InChI is InChI=1S/C20H22BrFN2O2/c1-14(26-19-9-8-16(22)12-17(19)21)20(25)23-18-7-3-2-6-15(18)13-24-10-4-5-11-24/h2-3,6-9,12,14H,4-5,10-11,13H2,1H3,(H,23,25). The van der Waals surface area contributed by atoms with E-state index in [0.29, 0.717) is 10.2 Å². The van der Waals surface area contributed by atoms with E-state index in [9.17, 15) is 9.18 Å². The molecule has 1 atom stereocenters. The Bertz CT molecular complexity index is 778. The molecule has 6 heteroatoms. The molecule has 0 saturated carbocycles. The van der Waals surface area contributed by atoms with E-state index in [1.807, 2.05) is 24.3 Å². The van der Waals surface area contributed by atoms with Gasteiger partial charge in [-0.3, -0.25) is 9.69 Å². The Labute approximate surface area is 161 Å². The second-order valence-electron chi connectivity index (χ2n) is 6.46. The molecule has 0 bridgehead atoms. The van der Waals surface area contributed by atoms with E-state index in [0.717, 1.165) is 30.9 Å². The van der Waals surface area contributed by atoms with Gasteiger partial charge >= 0.3 is 0 Å². The molecule has 1 saturated heterocycles. The number of para-hydroxylation sites is 1. The minimum absolute atomic E-state index is 0.241.